The molecule has 0 amide bonds. The summed E-state index contributed by atoms with van der Waals surface area (Å²) < 4.78 is 29.1. The van der Waals surface area contributed by atoms with E-state index in [1.54, 1.807) is 29.7 Å². The standard InChI is InChI=1S/C26H22N6O2S3/c1-37(33,34)30-17-11-13-18(14-12-17)32-24(23(29-25(32)35)20-8-4-5-15-27-20)21-9-6-16-31(21)26-28-19-7-2-3-10-22(19)36-26/h2-16,23-24,30H,1H3,(H,29,35)/t23-,24+/m1/s1. The van der Waals surface area contributed by atoms with E-state index < -0.39 is 10.0 Å². The average molecular weight is 547 g/mol. The molecule has 1 fully saturated rings. The van der Waals surface area contributed by atoms with Crippen molar-refractivity contribution >= 4 is 60.3 Å². The second-order valence-corrected chi connectivity index (χ2v) is 11.8. The van der Waals surface area contributed by atoms with Crippen molar-refractivity contribution < 1.29 is 8.42 Å². The van der Waals surface area contributed by atoms with Crippen molar-refractivity contribution in [1.82, 2.24) is 19.9 Å². The van der Waals surface area contributed by atoms with Crippen molar-refractivity contribution in [1.29, 1.82) is 0 Å². The summed E-state index contributed by atoms with van der Waals surface area (Å²) in [5, 5.41) is 4.89. The van der Waals surface area contributed by atoms with E-state index in [1.807, 2.05) is 60.8 Å². The predicted octanol–water partition coefficient (Wildman–Crippen LogP) is 5.03. The van der Waals surface area contributed by atoms with Crippen LogP contribution in [0, 0.1) is 0 Å². The van der Waals surface area contributed by atoms with E-state index in [2.05, 4.69) is 36.6 Å². The van der Waals surface area contributed by atoms with Gasteiger partial charge in [-0.15, -0.1) is 0 Å². The minimum Gasteiger partial charge on any atom is -0.351 e. The van der Waals surface area contributed by atoms with Gasteiger partial charge in [0.25, 0.3) is 0 Å². The highest BCUT2D eigenvalue weighted by molar-refractivity contribution is 7.92. The number of para-hydroxylation sites is 1. The molecule has 0 aliphatic carbocycles. The van der Waals surface area contributed by atoms with Crippen molar-refractivity contribution in [2.75, 3.05) is 15.9 Å². The van der Waals surface area contributed by atoms with Crippen LogP contribution in [0.15, 0.2) is 91.3 Å². The number of pyridine rings is 1. The van der Waals surface area contributed by atoms with Gasteiger partial charge in [0.2, 0.25) is 10.0 Å². The van der Waals surface area contributed by atoms with Crippen molar-refractivity contribution in [3.8, 4) is 5.13 Å². The Kier molecular flexibility index (Phi) is 5.90. The molecule has 3 aromatic heterocycles. The molecular formula is C26H22N6O2S3. The minimum atomic E-state index is -3.38. The van der Waals surface area contributed by atoms with Crippen molar-refractivity contribution in [3.05, 3.63) is 103 Å². The highest BCUT2D eigenvalue weighted by atomic mass is 32.2. The number of sulfonamides is 1. The summed E-state index contributed by atoms with van der Waals surface area (Å²) in [6, 6.07) is 24.7. The van der Waals surface area contributed by atoms with Gasteiger partial charge in [0, 0.05) is 23.8 Å². The lowest BCUT2D eigenvalue weighted by Crippen LogP contribution is -2.30. The molecule has 2 atom stereocenters. The van der Waals surface area contributed by atoms with Gasteiger partial charge in [-0.3, -0.25) is 14.3 Å². The first-order chi connectivity index (χ1) is 17.9. The average Bonchev–Trinajstić information content (AvgIpc) is 3.60. The van der Waals surface area contributed by atoms with Crippen LogP contribution in [0.25, 0.3) is 15.3 Å². The molecule has 0 radical (unpaired) electrons. The summed E-state index contributed by atoms with van der Waals surface area (Å²) in [7, 11) is -3.38. The van der Waals surface area contributed by atoms with Crippen molar-refractivity contribution in [2.45, 2.75) is 12.1 Å². The molecule has 1 aliphatic heterocycles. The summed E-state index contributed by atoms with van der Waals surface area (Å²) in [5.41, 5.74) is 4.14. The summed E-state index contributed by atoms with van der Waals surface area (Å²) >= 11 is 7.47. The normalized spacial score (nSPS) is 17.8. The Morgan fingerprint density at radius 2 is 1.78 bits per heavy atom. The monoisotopic (exact) mass is 546 g/mol. The van der Waals surface area contributed by atoms with Crippen LogP contribution in [-0.2, 0) is 10.0 Å². The minimum absolute atomic E-state index is 0.217. The molecular weight excluding hydrogens is 525 g/mol. The number of thiocarbonyl (C=S) groups is 1. The first-order valence-corrected chi connectivity index (χ1v) is 14.6. The quantitative estimate of drug-likeness (QED) is 0.289. The molecule has 4 heterocycles. The second kappa shape index (κ2) is 9.25. The van der Waals surface area contributed by atoms with Crippen molar-refractivity contribution in [2.24, 2.45) is 0 Å². The molecule has 0 spiro atoms. The zero-order valence-corrected chi connectivity index (χ0v) is 22.1. The number of fused-ring (bicyclic) bond motifs is 1. The highest BCUT2D eigenvalue weighted by Crippen LogP contribution is 2.43. The van der Waals surface area contributed by atoms with E-state index in [1.165, 1.54) is 0 Å². The lowest BCUT2D eigenvalue weighted by atomic mass is 10.0. The Morgan fingerprint density at radius 1 is 1.00 bits per heavy atom. The van der Waals surface area contributed by atoms with E-state index in [4.69, 9.17) is 17.2 Å². The third-order valence-electron chi connectivity index (χ3n) is 6.12. The molecule has 0 unspecified atom stereocenters. The van der Waals surface area contributed by atoms with Crippen LogP contribution in [0.5, 0.6) is 0 Å². The number of nitrogens with zero attached hydrogens (tertiary/aromatic N) is 4. The van der Waals surface area contributed by atoms with Gasteiger partial charge in [-0.25, -0.2) is 13.4 Å². The fourth-order valence-corrected chi connectivity index (χ4v) is 6.49. The van der Waals surface area contributed by atoms with Gasteiger partial charge in [-0.2, -0.15) is 0 Å². The van der Waals surface area contributed by atoms with E-state index in [0.717, 1.165) is 38.7 Å². The van der Waals surface area contributed by atoms with Crippen molar-refractivity contribution in [3.63, 3.8) is 0 Å². The maximum atomic E-state index is 11.7. The molecule has 0 saturated carbocycles. The molecule has 0 bridgehead atoms. The number of anilines is 2. The summed E-state index contributed by atoms with van der Waals surface area (Å²) in [6.45, 7) is 0. The Labute approximate surface area is 223 Å². The molecule has 1 saturated heterocycles. The summed E-state index contributed by atoms with van der Waals surface area (Å²) in [6.07, 6.45) is 4.92. The molecule has 8 nitrogen and oxygen atoms in total. The number of nitrogens with one attached hydrogen (secondary N) is 2. The van der Waals surface area contributed by atoms with Gasteiger partial charge >= 0.3 is 0 Å². The molecule has 186 valence electrons. The summed E-state index contributed by atoms with van der Waals surface area (Å²) in [5.74, 6) is 0. The van der Waals surface area contributed by atoms with Crippen LogP contribution >= 0.6 is 23.6 Å². The SMILES string of the molecule is CS(=O)(=O)Nc1ccc(N2C(=S)N[C@H](c3ccccn3)[C@@H]2c2cccn2-c2nc3ccccc3s2)cc1. The molecule has 2 N–H and O–H groups in total. The zero-order chi connectivity index (χ0) is 25.6. The maximum absolute atomic E-state index is 11.7. The van der Waals surface area contributed by atoms with Gasteiger partial charge in [0.15, 0.2) is 10.2 Å². The fraction of sp³-hybridized carbons (Fsp3) is 0.115. The van der Waals surface area contributed by atoms with Gasteiger partial charge in [-0.05, 0) is 72.9 Å². The van der Waals surface area contributed by atoms with Crippen LogP contribution in [0.1, 0.15) is 23.5 Å². The lowest BCUT2D eigenvalue weighted by molar-refractivity contribution is 0.549. The van der Waals surface area contributed by atoms with Crippen LogP contribution in [0.3, 0.4) is 0 Å². The van der Waals surface area contributed by atoms with Gasteiger partial charge in [-0.1, -0.05) is 29.5 Å². The Morgan fingerprint density at radius 3 is 2.51 bits per heavy atom. The van der Waals surface area contributed by atoms with Gasteiger partial charge in [0.05, 0.1) is 33.9 Å². The molecule has 1 aliphatic rings. The number of hydrogen-bond acceptors (Lipinski definition) is 6. The Hall–Kier alpha value is -3.80. The molecule has 5 aromatic rings. The number of aromatic nitrogens is 3. The van der Waals surface area contributed by atoms with Crippen LogP contribution in [-0.4, -0.2) is 34.3 Å². The van der Waals surface area contributed by atoms with Crippen LogP contribution < -0.4 is 14.9 Å². The number of hydrogen-bond donors (Lipinski definition) is 2. The number of benzene rings is 2. The molecule has 2 aromatic carbocycles. The van der Waals surface area contributed by atoms with E-state index >= 15 is 0 Å². The van der Waals surface area contributed by atoms with E-state index in [-0.39, 0.29) is 12.1 Å². The first-order valence-electron chi connectivity index (χ1n) is 11.5. The van der Waals surface area contributed by atoms with Crippen LogP contribution in [0.2, 0.25) is 0 Å². The topological polar surface area (TPSA) is 92.2 Å². The smallest absolute Gasteiger partial charge is 0.229 e. The third-order valence-corrected chi connectivity index (χ3v) is 8.08. The fourth-order valence-electron chi connectivity index (χ4n) is 4.61. The maximum Gasteiger partial charge on any atom is 0.229 e. The van der Waals surface area contributed by atoms with Crippen LogP contribution in [0.4, 0.5) is 11.4 Å². The highest BCUT2D eigenvalue weighted by Gasteiger charge is 2.42. The van der Waals surface area contributed by atoms with Gasteiger partial charge < -0.3 is 10.2 Å². The number of thiazole rings is 1. The Balaban J connectivity index is 1.46. The van der Waals surface area contributed by atoms with E-state index in [0.29, 0.717) is 10.8 Å². The molecule has 6 rings (SSSR count). The second-order valence-electron chi connectivity index (χ2n) is 8.68. The largest absolute Gasteiger partial charge is 0.351 e. The summed E-state index contributed by atoms with van der Waals surface area (Å²) in [4.78, 5) is 11.6. The molecule has 37 heavy (non-hydrogen) atoms. The van der Waals surface area contributed by atoms with Gasteiger partial charge in [0.1, 0.15) is 6.04 Å². The Bertz CT molecular complexity index is 1660. The lowest BCUT2D eigenvalue weighted by Gasteiger charge is -2.28. The first kappa shape index (κ1) is 23.6. The third kappa shape index (κ3) is 4.57. The zero-order valence-electron chi connectivity index (χ0n) is 19.6. The van der Waals surface area contributed by atoms with E-state index in [9.17, 15) is 8.42 Å². The number of rotatable bonds is 6. The molecule has 11 heteroatoms. The predicted molar refractivity (Wildman–Crippen MR) is 152 cm³/mol.